The molecule has 1 amide bonds. The molecule has 3 aromatic rings. The van der Waals surface area contributed by atoms with Gasteiger partial charge in [0, 0.05) is 6.20 Å². The molecule has 1 N–H and O–H groups in total. The van der Waals surface area contributed by atoms with Gasteiger partial charge in [-0.1, -0.05) is 30.0 Å². The highest BCUT2D eigenvalue weighted by atomic mass is 32.2. The van der Waals surface area contributed by atoms with Crippen LogP contribution in [0.4, 0.5) is 5.82 Å². The number of pyridine rings is 1. The lowest BCUT2D eigenvalue weighted by molar-refractivity contribution is -0.113. The average molecular weight is 342 g/mol. The maximum Gasteiger partial charge on any atom is 0.277 e. The molecular formula is C16H14N4O3S. The van der Waals surface area contributed by atoms with Gasteiger partial charge >= 0.3 is 0 Å². The highest BCUT2D eigenvalue weighted by Crippen LogP contribution is 2.30. The quantitative estimate of drug-likeness (QED) is 0.689. The van der Waals surface area contributed by atoms with Crippen molar-refractivity contribution in [2.45, 2.75) is 5.22 Å². The molecule has 24 heavy (non-hydrogen) atoms. The largest absolute Gasteiger partial charge is 0.496 e. The van der Waals surface area contributed by atoms with Gasteiger partial charge in [0.15, 0.2) is 0 Å². The molecule has 0 radical (unpaired) electrons. The molecule has 0 saturated carbocycles. The van der Waals surface area contributed by atoms with Gasteiger partial charge in [0.25, 0.3) is 11.1 Å². The molecule has 0 spiro atoms. The van der Waals surface area contributed by atoms with E-state index < -0.39 is 0 Å². The van der Waals surface area contributed by atoms with Gasteiger partial charge in [-0.25, -0.2) is 4.98 Å². The maximum atomic E-state index is 11.9. The summed E-state index contributed by atoms with van der Waals surface area (Å²) in [5.74, 6) is 1.44. The Hall–Kier alpha value is -2.87. The van der Waals surface area contributed by atoms with E-state index in [0.717, 1.165) is 11.8 Å². The number of nitrogens with zero attached hydrogens (tertiary/aromatic N) is 3. The number of hydrogen-bond donors (Lipinski definition) is 1. The van der Waals surface area contributed by atoms with Crippen molar-refractivity contribution in [2.24, 2.45) is 0 Å². The van der Waals surface area contributed by atoms with Crippen LogP contribution in [-0.2, 0) is 4.79 Å². The summed E-state index contributed by atoms with van der Waals surface area (Å²) in [7, 11) is 1.58. The van der Waals surface area contributed by atoms with Crippen LogP contribution >= 0.6 is 11.8 Å². The van der Waals surface area contributed by atoms with Gasteiger partial charge in [-0.15, -0.1) is 10.2 Å². The third-order valence-corrected chi connectivity index (χ3v) is 3.82. The normalized spacial score (nSPS) is 10.4. The molecule has 0 bridgehead atoms. The molecule has 0 atom stereocenters. The Balaban J connectivity index is 1.61. The molecule has 2 aromatic heterocycles. The van der Waals surface area contributed by atoms with Gasteiger partial charge in [-0.2, -0.15) is 0 Å². The summed E-state index contributed by atoms with van der Waals surface area (Å²) in [4.78, 5) is 15.9. The second-order valence-corrected chi connectivity index (χ2v) is 5.55. The smallest absolute Gasteiger partial charge is 0.277 e. The first-order valence-electron chi connectivity index (χ1n) is 7.07. The van der Waals surface area contributed by atoms with E-state index in [1.807, 2.05) is 24.3 Å². The fraction of sp³-hybridized carbons (Fsp3) is 0.125. The zero-order chi connectivity index (χ0) is 16.8. The fourth-order valence-corrected chi connectivity index (χ4v) is 2.50. The molecule has 2 heterocycles. The lowest BCUT2D eigenvalue weighted by atomic mass is 10.2. The first-order valence-corrected chi connectivity index (χ1v) is 8.05. The van der Waals surface area contributed by atoms with E-state index in [-0.39, 0.29) is 11.7 Å². The number of thioether (sulfide) groups is 1. The Morgan fingerprint density at radius 3 is 2.83 bits per heavy atom. The summed E-state index contributed by atoms with van der Waals surface area (Å²) in [5.41, 5.74) is 0.706. The van der Waals surface area contributed by atoms with Crippen molar-refractivity contribution in [1.29, 1.82) is 0 Å². The minimum absolute atomic E-state index is 0.143. The number of amides is 1. The number of benzene rings is 1. The number of anilines is 1. The SMILES string of the molecule is COc1ccccc1-c1nnc(SCC(=O)Nc2ccccn2)o1. The van der Waals surface area contributed by atoms with Gasteiger partial charge in [-0.05, 0) is 24.3 Å². The number of nitrogens with one attached hydrogen (secondary N) is 1. The first kappa shape index (κ1) is 16.0. The summed E-state index contributed by atoms with van der Waals surface area (Å²) in [6.07, 6.45) is 1.61. The van der Waals surface area contributed by atoms with Crippen LogP contribution in [0.1, 0.15) is 0 Å². The van der Waals surface area contributed by atoms with E-state index in [4.69, 9.17) is 9.15 Å². The minimum Gasteiger partial charge on any atom is -0.496 e. The summed E-state index contributed by atoms with van der Waals surface area (Å²) >= 11 is 1.16. The van der Waals surface area contributed by atoms with Crippen LogP contribution in [0.5, 0.6) is 5.75 Å². The molecule has 1 aromatic carbocycles. The molecule has 7 nitrogen and oxygen atoms in total. The standard InChI is InChI=1S/C16H14N4O3S/c1-22-12-7-3-2-6-11(12)15-19-20-16(23-15)24-10-14(21)18-13-8-4-5-9-17-13/h2-9H,10H2,1H3,(H,17,18,21). The fourth-order valence-electron chi connectivity index (χ4n) is 1.94. The van der Waals surface area contributed by atoms with Gasteiger partial charge < -0.3 is 14.5 Å². The van der Waals surface area contributed by atoms with E-state index in [2.05, 4.69) is 20.5 Å². The monoisotopic (exact) mass is 342 g/mol. The number of para-hydroxylation sites is 1. The average Bonchev–Trinajstić information content (AvgIpc) is 3.09. The predicted octanol–water partition coefficient (Wildman–Crippen LogP) is 2.87. The van der Waals surface area contributed by atoms with Crippen LogP contribution < -0.4 is 10.1 Å². The van der Waals surface area contributed by atoms with Gasteiger partial charge in [0.1, 0.15) is 11.6 Å². The van der Waals surface area contributed by atoms with Crippen LogP contribution in [0.25, 0.3) is 11.5 Å². The molecule has 8 heteroatoms. The van der Waals surface area contributed by atoms with E-state index in [9.17, 15) is 4.79 Å². The van der Waals surface area contributed by atoms with Crippen molar-refractivity contribution in [2.75, 3.05) is 18.2 Å². The maximum absolute atomic E-state index is 11.9. The second-order valence-electron chi connectivity index (χ2n) is 4.63. The van der Waals surface area contributed by atoms with Gasteiger partial charge in [0.05, 0.1) is 18.4 Å². The topological polar surface area (TPSA) is 90.1 Å². The van der Waals surface area contributed by atoms with Crippen LogP contribution in [0.15, 0.2) is 58.3 Å². The van der Waals surface area contributed by atoms with Crippen LogP contribution in [0.2, 0.25) is 0 Å². The lowest BCUT2D eigenvalue weighted by Gasteiger charge is -2.03. The molecule has 0 saturated heterocycles. The number of carbonyl (C=O) groups is 1. The molecule has 0 fully saturated rings. The minimum atomic E-state index is -0.198. The summed E-state index contributed by atoms with van der Waals surface area (Å²) < 4.78 is 10.8. The van der Waals surface area contributed by atoms with Crippen molar-refractivity contribution in [1.82, 2.24) is 15.2 Å². The Morgan fingerprint density at radius 2 is 2.04 bits per heavy atom. The van der Waals surface area contributed by atoms with E-state index in [1.165, 1.54) is 0 Å². The van der Waals surface area contributed by atoms with E-state index in [1.54, 1.807) is 31.5 Å². The molecular weight excluding hydrogens is 328 g/mol. The molecule has 122 valence electrons. The zero-order valence-corrected chi connectivity index (χ0v) is 13.6. The molecule has 0 unspecified atom stereocenters. The molecule has 0 aliphatic heterocycles. The lowest BCUT2D eigenvalue weighted by Crippen LogP contribution is -2.14. The molecule has 3 rings (SSSR count). The first-order chi connectivity index (χ1) is 11.8. The van der Waals surface area contributed by atoms with E-state index in [0.29, 0.717) is 28.2 Å². The van der Waals surface area contributed by atoms with Crippen LogP contribution in [0.3, 0.4) is 0 Å². The summed E-state index contributed by atoms with van der Waals surface area (Å²) in [6, 6.07) is 12.7. The number of ether oxygens (including phenoxy) is 1. The van der Waals surface area contributed by atoms with Crippen LogP contribution in [0, 0.1) is 0 Å². The Labute approximate surface area is 142 Å². The van der Waals surface area contributed by atoms with Crippen molar-refractivity contribution in [3.05, 3.63) is 48.7 Å². The number of carbonyl (C=O) groups excluding carboxylic acids is 1. The highest BCUT2D eigenvalue weighted by molar-refractivity contribution is 7.99. The van der Waals surface area contributed by atoms with Crippen LogP contribution in [-0.4, -0.2) is 34.0 Å². The Kier molecular flexibility index (Phi) is 5.07. The predicted molar refractivity (Wildman–Crippen MR) is 89.9 cm³/mol. The van der Waals surface area contributed by atoms with Crippen molar-refractivity contribution >= 4 is 23.5 Å². The highest BCUT2D eigenvalue weighted by Gasteiger charge is 2.14. The van der Waals surface area contributed by atoms with Gasteiger partial charge in [-0.3, -0.25) is 4.79 Å². The number of hydrogen-bond acceptors (Lipinski definition) is 7. The Morgan fingerprint density at radius 1 is 1.21 bits per heavy atom. The third kappa shape index (κ3) is 3.90. The molecule has 0 aliphatic rings. The van der Waals surface area contributed by atoms with Crippen molar-refractivity contribution in [3.8, 4) is 17.2 Å². The number of methoxy groups -OCH3 is 1. The van der Waals surface area contributed by atoms with Crippen molar-refractivity contribution < 1.29 is 13.9 Å². The summed E-state index contributed by atoms with van der Waals surface area (Å²) in [6.45, 7) is 0. The second kappa shape index (κ2) is 7.60. The number of rotatable bonds is 6. The third-order valence-electron chi connectivity index (χ3n) is 3.00. The Bertz CT molecular complexity index is 823. The summed E-state index contributed by atoms with van der Waals surface area (Å²) in [5, 5.41) is 10.9. The zero-order valence-electron chi connectivity index (χ0n) is 12.8. The van der Waals surface area contributed by atoms with Gasteiger partial charge in [0.2, 0.25) is 5.91 Å². The van der Waals surface area contributed by atoms with E-state index >= 15 is 0 Å². The number of aromatic nitrogens is 3. The van der Waals surface area contributed by atoms with Crippen molar-refractivity contribution in [3.63, 3.8) is 0 Å². The molecule has 0 aliphatic carbocycles.